The van der Waals surface area contributed by atoms with Crippen LogP contribution >= 0.6 is 22.6 Å². The number of nitrogens with two attached hydrogens (primary N) is 1. The highest BCUT2D eigenvalue weighted by molar-refractivity contribution is 14.1. The molecule has 106 valence electrons. The first-order chi connectivity index (χ1) is 9.64. The van der Waals surface area contributed by atoms with Gasteiger partial charge >= 0.3 is 0 Å². The fourth-order valence-electron chi connectivity index (χ4n) is 2.70. The Morgan fingerprint density at radius 3 is 2.80 bits per heavy atom. The van der Waals surface area contributed by atoms with Crippen molar-refractivity contribution in [3.05, 3.63) is 27.6 Å². The Morgan fingerprint density at radius 2 is 2.10 bits per heavy atom. The molecule has 1 fully saturated rings. The first-order valence-corrected chi connectivity index (χ1v) is 7.67. The molecule has 1 aliphatic rings. The molecule has 2 N–H and O–H groups in total. The van der Waals surface area contributed by atoms with Crippen molar-refractivity contribution < 1.29 is 9.26 Å². The van der Waals surface area contributed by atoms with E-state index in [-0.39, 0.29) is 0 Å². The highest BCUT2D eigenvalue weighted by Crippen LogP contribution is 2.41. The molecule has 6 heteroatoms. The molecule has 1 saturated carbocycles. The Labute approximate surface area is 131 Å². The first-order valence-electron chi connectivity index (χ1n) is 6.59. The summed E-state index contributed by atoms with van der Waals surface area (Å²) in [5, 5.41) is 4.12. The van der Waals surface area contributed by atoms with E-state index in [1.54, 1.807) is 7.11 Å². The van der Waals surface area contributed by atoms with Crippen LogP contribution in [-0.2, 0) is 10.3 Å². The van der Waals surface area contributed by atoms with Gasteiger partial charge in [0.05, 0.1) is 5.56 Å². The van der Waals surface area contributed by atoms with Crippen molar-refractivity contribution in [3.8, 4) is 11.5 Å². The average Bonchev–Trinajstić information content (AvgIpc) is 3.10. The van der Waals surface area contributed by atoms with Gasteiger partial charge in [-0.2, -0.15) is 4.98 Å². The Kier molecular flexibility index (Phi) is 3.68. The van der Waals surface area contributed by atoms with Crippen LogP contribution in [0.25, 0.3) is 11.5 Å². The lowest BCUT2D eigenvalue weighted by molar-refractivity contribution is -0.0178. The highest BCUT2D eigenvalue weighted by atomic mass is 127. The number of rotatable bonds is 3. The van der Waals surface area contributed by atoms with E-state index < -0.39 is 5.60 Å². The molecule has 0 bridgehead atoms. The number of nitrogen functional groups attached to an aromatic ring is 1. The Bertz CT molecular complexity index is 621. The van der Waals surface area contributed by atoms with Crippen LogP contribution < -0.4 is 5.73 Å². The summed E-state index contributed by atoms with van der Waals surface area (Å²) in [6, 6.07) is 5.74. The SMILES string of the molecule is COC1(c2noc(-c3cc(I)ccc3N)n2)CCCC1. The number of methoxy groups -OCH3 is 1. The molecule has 1 aromatic heterocycles. The van der Waals surface area contributed by atoms with Crippen molar-refractivity contribution >= 4 is 28.3 Å². The zero-order valence-corrected chi connectivity index (χ0v) is 13.4. The molecule has 1 heterocycles. The van der Waals surface area contributed by atoms with Crippen LogP contribution in [0.5, 0.6) is 0 Å². The van der Waals surface area contributed by atoms with Crippen LogP contribution in [0.4, 0.5) is 5.69 Å². The van der Waals surface area contributed by atoms with Gasteiger partial charge in [0.2, 0.25) is 5.82 Å². The summed E-state index contributed by atoms with van der Waals surface area (Å²) < 4.78 is 12.1. The molecule has 0 saturated heterocycles. The normalized spacial score (nSPS) is 17.5. The third kappa shape index (κ3) is 2.31. The van der Waals surface area contributed by atoms with Crippen molar-refractivity contribution in [2.75, 3.05) is 12.8 Å². The van der Waals surface area contributed by atoms with Crippen LogP contribution in [0.1, 0.15) is 31.5 Å². The van der Waals surface area contributed by atoms with E-state index in [4.69, 9.17) is 15.0 Å². The molecule has 3 rings (SSSR count). The van der Waals surface area contributed by atoms with Crippen molar-refractivity contribution in [2.45, 2.75) is 31.3 Å². The smallest absolute Gasteiger partial charge is 0.260 e. The average molecular weight is 385 g/mol. The van der Waals surface area contributed by atoms with E-state index in [0.29, 0.717) is 17.4 Å². The predicted octanol–water partition coefficient (Wildman–Crippen LogP) is 3.34. The van der Waals surface area contributed by atoms with Gasteiger partial charge in [-0.15, -0.1) is 0 Å². The van der Waals surface area contributed by atoms with Crippen molar-refractivity contribution in [1.82, 2.24) is 10.1 Å². The summed E-state index contributed by atoms with van der Waals surface area (Å²) in [7, 11) is 1.71. The second-order valence-electron chi connectivity index (χ2n) is 5.06. The van der Waals surface area contributed by atoms with Gasteiger partial charge in [-0.25, -0.2) is 0 Å². The summed E-state index contributed by atoms with van der Waals surface area (Å²) in [5.41, 5.74) is 7.01. The Hall–Kier alpha value is -1.15. The van der Waals surface area contributed by atoms with Gasteiger partial charge in [-0.1, -0.05) is 5.16 Å². The van der Waals surface area contributed by atoms with Gasteiger partial charge in [0.1, 0.15) is 5.60 Å². The predicted molar refractivity (Wildman–Crippen MR) is 84.0 cm³/mol. The third-order valence-corrected chi connectivity index (χ3v) is 4.55. The van der Waals surface area contributed by atoms with Gasteiger partial charge < -0.3 is 15.0 Å². The molecule has 2 aromatic rings. The minimum atomic E-state index is -0.390. The zero-order valence-electron chi connectivity index (χ0n) is 11.2. The topological polar surface area (TPSA) is 74.2 Å². The molecule has 0 unspecified atom stereocenters. The van der Waals surface area contributed by atoms with Crippen LogP contribution in [0.15, 0.2) is 22.7 Å². The Balaban J connectivity index is 2.00. The quantitative estimate of drug-likeness (QED) is 0.648. The van der Waals surface area contributed by atoms with E-state index in [0.717, 1.165) is 34.8 Å². The number of halogens is 1. The molecule has 0 amide bonds. The summed E-state index contributed by atoms with van der Waals surface area (Å²) >= 11 is 2.23. The maximum absolute atomic E-state index is 5.99. The van der Waals surface area contributed by atoms with E-state index in [2.05, 4.69) is 32.7 Å². The fourth-order valence-corrected chi connectivity index (χ4v) is 3.19. The largest absolute Gasteiger partial charge is 0.398 e. The molecule has 20 heavy (non-hydrogen) atoms. The molecular formula is C14H16IN3O2. The van der Waals surface area contributed by atoms with Crippen molar-refractivity contribution in [2.24, 2.45) is 0 Å². The lowest BCUT2D eigenvalue weighted by Gasteiger charge is -2.22. The number of ether oxygens (including phenoxy) is 1. The zero-order chi connectivity index (χ0) is 14.2. The van der Waals surface area contributed by atoms with Gasteiger partial charge in [0.25, 0.3) is 5.89 Å². The summed E-state index contributed by atoms with van der Waals surface area (Å²) in [6.07, 6.45) is 4.13. The standard InChI is InChI=1S/C14H16IN3O2/c1-19-14(6-2-3-7-14)13-17-12(20-18-13)10-8-9(15)4-5-11(10)16/h4-5,8H,2-3,6-7,16H2,1H3. The van der Waals surface area contributed by atoms with Gasteiger partial charge in [-0.05, 0) is 66.5 Å². The number of aromatic nitrogens is 2. The van der Waals surface area contributed by atoms with Crippen LogP contribution in [0.2, 0.25) is 0 Å². The molecule has 0 spiro atoms. The second kappa shape index (κ2) is 5.33. The van der Waals surface area contributed by atoms with E-state index in [1.165, 1.54) is 0 Å². The van der Waals surface area contributed by atoms with Gasteiger partial charge in [0, 0.05) is 16.4 Å². The minimum absolute atomic E-state index is 0.390. The lowest BCUT2D eigenvalue weighted by atomic mass is 10.0. The number of hydrogen-bond donors (Lipinski definition) is 1. The second-order valence-corrected chi connectivity index (χ2v) is 6.31. The highest BCUT2D eigenvalue weighted by Gasteiger charge is 2.40. The molecule has 5 nitrogen and oxygen atoms in total. The third-order valence-electron chi connectivity index (χ3n) is 3.88. The number of anilines is 1. The molecular weight excluding hydrogens is 369 g/mol. The van der Waals surface area contributed by atoms with Gasteiger partial charge in [-0.3, -0.25) is 0 Å². The monoisotopic (exact) mass is 385 g/mol. The summed E-state index contributed by atoms with van der Waals surface area (Å²) in [4.78, 5) is 4.52. The van der Waals surface area contributed by atoms with E-state index in [1.807, 2.05) is 18.2 Å². The number of hydrogen-bond acceptors (Lipinski definition) is 5. The van der Waals surface area contributed by atoms with Crippen molar-refractivity contribution in [3.63, 3.8) is 0 Å². The summed E-state index contributed by atoms with van der Waals surface area (Å²) in [5.74, 6) is 1.09. The van der Waals surface area contributed by atoms with Gasteiger partial charge in [0.15, 0.2) is 0 Å². The minimum Gasteiger partial charge on any atom is -0.398 e. The molecule has 1 aromatic carbocycles. The Morgan fingerprint density at radius 1 is 1.35 bits per heavy atom. The lowest BCUT2D eigenvalue weighted by Crippen LogP contribution is -2.25. The maximum Gasteiger partial charge on any atom is 0.260 e. The van der Waals surface area contributed by atoms with Crippen LogP contribution in [0, 0.1) is 3.57 Å². The molecule has 0 atom stereocenters. The van der Waals surface area contributed by atoms with E-state index >= 15 is 0 Å². The summed E-state index contributed by atoms with van der Waals surface area (Å²) in [6.45, 7) is 0. The van der Waals surface area contributed by atoms with E-state index in [9.17, 15) is 0 Å². The number of benzene rings is 1. The molecule has 0 aliphatic heterocycles. The molecule has 0 radical (unpaired) electrons. The fraction of sp³-hybridized carbons (Fsp3) is 0.429. The number of nitrogens with zero attached hydrogens (tertiary/aromatic N) is 2. The van der Waals surface area contributed by atoms with Crippen LogP contribution in [-0.4, -0.2) is 17.3 Å². The van der Waals surface area contributed by atoms with Crippen molar-refractivity contribution in [1.29, 1.82) is 0 Å². The molecule has 1 aliphatic carbocycles. The van der Waals surface area contributed by atoms with Crippen LogP contribution in [0.3, 0.4) is 0 Å². The maximum atomic E-state index is 5.99. The first kappa shape index (κ1) is 13.8.